The minimum Gasteiger partial charge on any atom is -0.409 e. The summed E-state index contributed by atoms with van der Waals surface area (Å²) in [5, 5.41) is 32.2. The lowest BCUT2D eigenvalue weighted by atomic mass is 10.0. The maximum absolute atomic E-state index is 12.5. The van der Waals surface area contributed by atoms with Gasteiger partial charge in [0.1, 0.15) is 9.81 Å². The molecule has 0 amide bonds. The van der Waals surface area contributed by atoms with E-state index in [1.807, 2.05) is 0 Å². The molecule has 0 spiro atoms. The highest BCUT2D eigenvalue weighted by Crippen LogP contribution is 2.27. The monoisotopic (exact) mass is 694 g/mol. The number of nitrogens with zero attached hydrogens (tertiary/aromatic N) is 4. The van der Waals surface area contributed by atoms with Crippen LogP contribution >= 0.6 is 0 Å². The molecule has 0 saturated carbocycles. The number of amidine groups is 2. The summed E-state index contributed by atoms with van der Waals surface area (Å²) < 4.78 is 68.6. The third kappa shape index (κ3) is 8.91. The maximum Gasteiger partial charge on any atom is 0.295 e. The quantitative estimate of drug-likeness (QED) is 0.0524. The molecule has 0 unspecified atom stereocenters. The number of ketones is 2. The van der Waals surface area contributed by atoms with Crippen LogP contribution in [-0.2, 0) is 20.2 Å². The molecule has 248 valence electrons. The molecular weight excluding hydrogens is 668 g/mol. The zero-order chi connectivity index (χ0) is 34.9. The van der Waals surface area contributed by atoms with Gasteiger partial charge in [0.2, 0.25) is 23.2 Å². The number of allylic oxidation sites excluding steroid dienone is 8. The summed E-state index contributed by atoms with van der Waals surface area (Å²) in [6, 6.07) is 15.7. The van der Waals surface area contributed by atoms with E-state index >= 15 is 0 Å². The van der Waals surface area contributed by atoms with Gasteiger partial charge in [-0.05, 0) is 23.3 Å². The topological polar surface area (TPSA) is 257 Å². The van der Waals surface area contributed by atoms with Crippen LogP contribution in [0, 0.1) is 0 Å². The Morgan fingerprint density at radius 2 is 0.979 bits per heavy atom. The highest BCUT2D eigenvalue weighted by Gasteiger charge is 2.25. The first-order valence-electron chi connectivity index (χ1n) is 13.6. The minimum absolute atomic E-state index is 0.0158. The SMILES string of the molecule is O=C(C(=NO)NN=C1C=C(S(=O)(=O)O)C(C=CC2=CCC(=NNC(=NO)C(=O)c3ccccc3)C=C2S(=O)(=O)O)=CC1)c1ccccc1. The molecule has 0 fully saturated rings. The van der Waals surface area contributed by atoms with E-state index in [1.165, 1.54) is 48.6 Å². The first-order valence-corrected chi connectivity index (χ1v) is 16.5. The van der Waals surface area contributed by atoms with Gasteiger partial charge in [-0.3, -0.25) is 29.5 Å². The van der Waals surface area contributed by atoms with Crippen LogP contribution in [0.2, 0.25) is 0 Å². The number of hydrazone groups is 2. The van der Waals surface area contributed by atoms with Gasteiger partial charge in [-0.1, -0.05) is 95.3 Å². The van der Waals surface area contributed by atoms with Crippen molar-refractivity contribution in [3.63, 3.8) is 0 Å². The molecular formula is C30H26N6O10S2. The van der Waals surface area contributed by atoms with Crippen molar-refractivity contribution in [2.75, 3.05) is 0 Å². The van der Waals surface area contributed by atoms with E-state index in [0.717, 1.165) is 12.2 Å². The molecule has 0 bridgehead atoms. The smallest absolute Gasteiger partial charge is 0.295 e. The Hall–Kier alpha value is -5.82. The number of oxime groups is 2. The van der Waals surface area contributed by atoms with E-state index in [4.69, 9.17) is 0 Å². The fraction of sp³-hybridized carbons (Fsp3) is 0.0667. The molecule has 2 aliphatic carbocycles. The molecule has 2 aromatic rings. The van der Waals surface area contributed by atoms with E-state index in [0.29, 0.717) is 0 Å². The number of rotatable bonds is 10. The summed E-state index contributed by atoms with van der Waals surface area (Å²) >= 11 is 0. The summed E-state index contributed by atoms with van der Waals surface area (Å²) in [6.07, 6.45) is 6.95. The minimum atomic E-state index is -4.86. The molecule has 4 rings (SSSR count). The largest absolute Gasteiger partial charge is 0.409 e. The van der Waals surface area contributed by atoms with Crippen LogP contribution in [0.4, 0.5) is 0 Å². The van der Waals surface area contributed by atoms with Crippen molar-refractivity contribution >= 4 is 54.9 Å². The standard InChI is InChI=1S/C30H26N6O10S2/c37-27(21-7-3-1-4-8-21)29(35-39)33-31-23-15-13-19(25(17-23)47(41,42)43)11-12-20-14-16-24(18-26(20)48(44,45)46)32-34-30(36-40)28(38)22-9-5-2-6-10-22/h1-14,17-18,39-40H,15-16H2,(H,33,35)(H,34,36)(H,41,42,43)(H,44,45,46). The van der Waals surface area contributed by atoms with Gasteiger partial charge in [-0.25, -0.2) is 0 Å². The summed E-state index contributed by atoms with van der Waals surface area (Å²) in [5.41, 5.74) is 4.83. The van der Waals surface area contributed by atoms with Gasteiger partial charge < -0.3 is 10.4 Å². The second-order valence-electron chi connectivity index (χ2n) is 9.75. The van der Waals surface area contributed by atoms with Crippen LogP contribution in [0.15, 0.2) is 139 Å². The molecule has 0 saturated heterocycles. The molecule has 2 aliphatic rings. The van der Waals surface area contributed by atoms with Crippen LogP contribution in [0.1, 0.15) is 33.6 Å². The predicted molar refractivity (Wildman–Crippen MR) is 175 cm³/mol. The van der Waals surface area contributed by atoms with E-state index < -0.39 is 53.3 Å². The molecule has 16 nitrogen and oxygen atoms in total. The van der Waals surface area contributed by atoms with Crippen LogP contribution in [0.25, 0.3) is 0 Å². The van der Waals surface area contributed by atoms with Gasteiger partial charge in [0.15, 0.2) is 0 Å². The van der Waals surface area contributed by atoms with Crippen molar-refractivity contribution in [2.45, 2.75) is 12.8 Å². The van der Waals surface area contributed by atoms with Crippen LogP contribution in [0.5, 0.6) is 0 Å². The molecule has 0 atom stereocenters. The molecule has 6 N–H and O–H groups in total. The van der Waals surface area contributed by atoms with Crippen molar-refractivity contribution in [1.82, 2.24) is 10.9 Å². The van der Waals surface area contributed by atoms with Gasteiger partial charge in [-0.2, -0.15) is 27.0 Å². The van der Waals surface area contributed by atoms with Gasteiger partial charge >= 0.3 is 0 Å². The first-order chi connectivity index (χ1) is 22.8. The van der Waals surface area contributed by atoms with Gasteiger partial charge in [0.25, 0.3) is 20.2 Å². The van der Waals surface area contributed by atoms with Crippen molar-refractivity contribution < 1.29 is 45.9 Å². The molecule has 0 heterocycles. The lowest BCUT2D eigenvalue weighted by molar-refractivity contribution is 0.105. The van der Waals surface area contributed by atoms with E-state index in [9.17, 15) is 45.9 Å². The van der Waals surface area contributed by atoms with E-state index in [2.05, 4.69) is 31.4 Å². The molecule has 2 aromatic carbocycles. The predicted octanol–water partition coefficient (Wildman–Crippen LogP) is 2.98. The highest BCUT2D eigenvalue weighted by atomic mass is 32.2. The Kier molecular flexibility index (Phi) is 11.1. The molecule has 0 aromatic heterocycles. The average molecular weight is 695 g/mol. The summed E-state index contributed by atoms with van der Waals surface area (Å²) in [4.78, 5) is 23.8. The fourth-order valence-electron chi connectivity index (χ4n) is 4.24. The number of benzene rings is 2. The first kappa shape index (κ1) is 35.0. The fourth-order valence-corrected chi connectivity index (χ4v) is 5.71. The lowest BCUT2D eigenvalue weighted by Gasteiger charge is -2.15. The number of hydrogen-bond acceptors (Lipinski definition) is 12. The van der Waals surface area contributed by atoms with Gasteiger partial charge in [0, 0.05) is 24.0 Å². The number of Topliss-reactive ketones (excluding diaryl/α,β-unsaturated/α-hetero) is 2. The van der Waals surface area contributed by atoms with Gasteiger partial charge in [-0.15, -0.1) is 0 Å². The van der Waals surface area contributed by atoms with E-state index in [-0.39, 0.29) is 46.5 Å². The van der Waals surface area contributed by atoms with Crippen molar-refractivity contribution in [2.24, 2.45) is 20.5 Å². The summed E-state index contributed by atoms with van der Waals surface area (Å²) in [6.45, 7) is 0. The van der Waals surface area contributed by atoms with Crippen LogP contribution < -0.4 is 10.9 Å². The Labute approximate surface area is 273 Å². The second-order valence-corrected chi connectivity index (χ2v) is 12.5. The molecule has 0 aliphatic heterocycles. The zero-order valence-electron chi connectivity index (χ0n) is 24.5. The third-order valence-electron chi connectivity index (χ3n) is 6.54. The Bertz CT molecular complexity index is 1960. The number of hydrogen-bond donors (Lipinski definition) is 6. The zero-order valence-corrected chi connectivity index (χ0v) is 26.1. The van der Waals surface area contributed by atoms with Crippen molar-refractivity contribution in [1.29, 1.82) is 0 Å². The maximum atomic E-state index is 12.5. The lowest BCUT2D eigenvalue weighted by Crippen LogP contribution is -2.28. The average Bonchev–Trinajstić information content (AvgIpc) is 3.08. The van der Waals surface area contributed by atoms with E-state index in [1.54, 1.807) is 36.4 Å². The van der Waals surface area contributed by atoms with Gasteiger partial charge in [0.05, 0.1) is 11.4 Å². The molecule has 18 heteroatoms. The number of carbonyl (C=O) groups excluding carboxylic acids is 2. The van der Waals surface area contributed by atoms with Crippen LogP contribution in [0.3, 0.4) is 0 Å². The van der Waals surface area contributed by atoms with Crippen molar-refractivity contribution in [3.05, 3.63) is 129 Å². The van der Waals surface area contributed by atoms with Crippen molar-refractivity contribution in [3.8, 4) is 0 Å². The molecule has 48 heavy (non-hydrogen) atoms. The Morgan fingerprint density at radius 1 is 0.625 bits per heavy atom. The summed E-state index contributed by atoms with van der Waals surface area (Å²) in [7, 11) is -9.72. The second kappa shape index (κ2) is 15.2. The van der Waals surface area contributed by atoms with Crippen LogP contribution in [-0.4, -0.2) is 71.0 Å². The highest BCUT2D eigenvalue weighted by molar-refractivity contribution is 7.90. The number of carbonyl (C=O) groups is 2. The normalized spacial score (nSPS) is 17.8. The Morgan fingerprint density at radius 3 is 1.29 bits per heavy atom. The Balaban J connectivity index is 1.53. The number of nitrogens with one attached hydrogen (secondary N) is 2. The third-order valence-corrected chi connectivity index (χ3v) is 8.36. The molecule has 0 radical (unpaired) electrons. The summed E-state index contributed by atoms with van der Waals surface area (Å²) in [5.74, 6) is -2.52.